The molecule has 2 saturated heterocycles. The molecule has 0 saturated carbocycles. The molecule has 0 N–H and O–H groups in total. The van der Waals surface area contributed by atoms with E-state index >= 15 is 0 Å². The first-order valence-corrected chi connectivity index (χ1v) is 8.54. The summed E-state index contributed by atoms with van der Waals surface area (Å²) in [6.07, 6.45) is 4.20. The molecule has 24 heavy (non-hydrogen) atoms. The fraction of sp³-hybridized carbons (Fsp3) is 0.444. The molecule has 1 amide bonds. The third-order valence-electron chi connectivity index (χ3n) is 4.96. The molecule has 3 heterocycles. The Labute approximate surface area is 145 Å². The molecule has 4 rings (SSSR count). The van der Waals surface area contributed by atoms with Crippen molar-refractivity contribution in [1.29, 1.82) is 0 Å². The number of fused-ring (bicyclic) bond motifs is 1. The van der Waals surface area contributed by atoms with Gasteiger partial charge in [-0.1, -0.05) is 30.7 Å². The van der Waals surface area contributed by atoms with Gasteiger partial charge >= 0.3 is 5.97 Å². The lowest BCUT2D eigenvalue weighted by molar-refractivity contribution is -0.152. The average Bonchev–Trinajstić information content (AvgIpc) is 3.22. The largest absolute Gasteiger partial charge is 0.465 e. The van der Waals surface area contributed by atoms with Crippen LogP contribution < -0.4 is 4.90 Å². The Kier molecular flexibility index (Phi) is 3.66. The Bertz CT molecular complexity index is 716. The fourth-order valence-corrected chi connectivity index (χ4v) is 4.03. The highest BCUT2D eigenvalue weighted by Gasteiger charge is 2.67. The molecule has 126 valence electrons. The molecule has 0 aliphatic carbocycles. The van der Waals surface area contributed by atoms with Crippen LogP contribution in [0.2, 0.25) is 5.02 Å². The number of nitrogens with zero attached hydrogens (tertiary/aromatic N) is 1. The molecule has 4 atom stereocenters. The number of carbonyl (C=O) groups is 2. The summed E-state index contributed by atoms with van der Waals surface area (Å²) >= 11 is 5.92. The van der Waals surface area contributed by atoms with E-state index in [1.54, 1.807) is 29.2 Å². The molecule has 3 aliphatic rings. The maximum Gasteiger partial charge on any atom is 0.312 e. The number of carbonyl (C=O) groups excluding carboxylic acids is 2. The van der Waals surface area contributed by atoms with Crippen molar-refractivity contribution >= 4 is 29.2 Å². The number of hydrogen-bond acceptors (Lipinski definition) is 4. The number of hydrogen-bond donors (Lipinski definition) is 0. The van der Waals surface area contributed by atoms with Gasteiger partial charge in [0, 0.05) is 10.7 Å². The lowest BCUT2D eigenvalue weighted by Gasteiger charge is -2.22. The van der Waals surface area contributed by atoms with Gasteiger partial charge in [0.25, 0.3) is 0 Å². The first kappa shape index (κ1) is 15.7. The van der Waals surface area contributed by atoms with Crippen LogP contribution in [0.5, 0.6) is 0 Å². The van der Waals surface area contributed by atoms with Crippen LogP contribution in [0.25, 0.3) is 0 Å². The van der Waals surface area contributed by atoms with Crippen molar-refractivity contribution in [3.05, 3.63) is 41.4 Å². The Morgan fingerprint density at radius 3 is 2.88 bits per heavy atom. The number of halogens is 1. The van der Waals surface area contributed by atoms with Gasteiger partial charge in [-0.15, -0.1) is 0 Å². The van der Waals surface area contributed by atoms with Crippen LogP contribution in [0.15, 0.2) is 36.4 Å². The van der Waals surface area contributed by atoms with Gasteiger partial charge in [0.2, 0.25) is 5.91 Å². The standard InChI is InChI=1S/C18H18ClNO4/c1-2-9-23-17(22)14-13-7-8-18(24-13)10-20(16(21)15(14)18)12-5-3-11(19)4-6-12/h3-8,13-15H,2,9-10H2,1H3/t13-,14+,15-,18?/m1/s1. The van der Waals surface area contributed by atoms with Gasteiger partial charge in [0.05, 0.1) is 25.2 Å². The molecule has 2 bridgehead atoms. The van der Waals surface area contributed by atoms with Gasteiger partial charge in [-0.3, -0.25) is 9.59 Å². The minimum atomic E-state index is -0.725. The van der Waals surface area contributed by atoms with E-state index in [0.717, 1.165) is 12.1 Å². The van der Waals surface area contributed by atoms with E-state index in [9.17, 15) is 9.59 Å². The van der Waals surface area contributed by atoms with Crippen LogP contribution >= 0.6 is 11.6 Å². The fourth-order valence-electron chi connectivity index (χ4n) is 3.91. The summed E-state index contributed by atoms with van der Waals surface area (Å²) in [5.74, 6) is -1.52. The van der Waals surface area contributed by atoms with Crippen molar-refractivity contribution in [2.45, 2.75) is 25.0 Å². The van der Waals surface area contributed by atoms with E-state index < -0.39 is 17.4 Å². The van der Waals surface area contributed by atoms with Crippen molar-refractivity contribution in [3.63, 3.8) is 0 Å². The topological polar surface area (TPSA) is 55.8 Å². The van der Waals surface area contributed by atoms with E-state index in [1.165, 1.54) is 0 Å². The molecule has 1 aromatic carbocycles. The maximum absolute atomic E-state index is 13.0. The predicted molar refractivity (Wildman–Crippen MR) is 88.8 cm³/mol. The van der Waals surface area contributed by atoms with Crippen LogP contribution in [0, 0.1) is 11.8 Å². The van der Waals surface area contributed by atoms with E-state index in [4.69, 9.17) is 21.1 Å². The van der Waals surface area contributed by atoms with Crippen LogP contribution in [0.1, 0.15) is 13.3 Å². The van der Waals surface area contributed by atoms with E-state index in [-0.39, 0.29) is 18.0 Å². The van der Waals surface area contributed by atoms with Crippen molar-refractivity contribution in [3.8, 4) is 0 Å². The summed E-state index contributed by atoms with van der Waals surface area (Å²) in [6, 6.07) is 7.10. The predicted octanol–water partition coefficient (Wildman–Crippen LogP) is 2.58. The molecular formula is C18H18ClNO4. The number of rotatable bonds is 4. The van der Waals surface area contributed by atoms with Gasteiger partial charge in [-0.05, 0) is 30.7 Å². The van der Waals surface area contributed by atoms with Crippen LogP contribution in [-0.2, 0) is 19.1 Å². The summed E-state index contributed by atoms with van der Waals surface area (Å²) in [4.78, 5) is 27.1. The number of ether oxygens (including phenoxy) is 2. The number of anilines is 1. The molecule has 5 nitrogen and oxygen atoms in total. The van der Waals surface area contributed by atoms with Crippen LogP contribution in [-0.4, -0.2) is 36.7 Å². The SMILES string of the molecule is CCCOC(=O)[C@H]1[C@H]2C=CC3(CN(c4ccc(Cl)cc4)C(=O)[C@@H]13)O2. The van der Waals surface area contributed by atoms with Gasteiger partial charge < -0.3 is 14.4 Å². The van der Waals surface area contributed by atoms with Gasteiger partial charge in [-0.2, -0.15) is 0 Å². The Hall–Kier alpha value is -1.85. The highest BCUT2D eigenvalue weighted by molar-refractivity contribution is 6.30. The second kappa shape index (κ2) is 5.60. The zero-order valence-electron chi connectivity index (χ0n) is 13.3. The Morgan fingerprint density at radius 1 is 1.42 bits per heavy atom. The zero-order chi connectivity index (χ0) is 16.9. The molecule has 3 aliphatic heterocycles. The second-order valence-electron chi connectivity index (χ2n) is 6.47. The molecule has 1 aromatic rings. The van der Waals surface area contributed by atoms with Crippen LogP contribution in [0.4, 0.5) is 5.69 Å². The summed E-state index contributed by atoms with van der Waals surface area (Å²) in [5.41, 5.74) is 0.0337. The number of amides is 1. The van der Waals surface area contributed by atoms with Gasteiger partial charge in [0.1, 0.15) is 11.5 Å². The molecule has 0 radical (unpaired) electrons. The Morgan fingerprint density at radius 2 is 2.17 bits per heavy atom. The summed E-state index contributed by atoms with van der Waals surface area (Å²) in [5, 5.41) is 0.613. The maximum atomic E-state index is 13.0. The van der Waals surface area contributed by atoms with Crippen molar-refractivity contribution in [2.75, 3.05) is 18.1 Å². The number of benzene rings is 1. The van der Waals surface area contributed by atoms with Crippen LogP contribution in [0.3, 0.4) is 0 Å². The summed E-state index contributed by atoms with van der Waals surface area (Å²) in [7, 11) is 0. The number of esters is 1. The molecule has 1 unspecified atom stereocenters. The van der Waals surface area contributed by atoms with Crippen molar-refractivity contribution in [2.24, 2.45) is 11.8 Å². The molecule has 2 fully saturated rings. The normalized spacial score (nSPS) is 33.2. The first-order chi connectivity index (χ1) is 11.6. The second-order valence-corrected chi connectivity index (χ2v) is 6.90. The third-order valence-corrected chi connectivity index (χ3v) is 5.21. The molecule has 6 heteroatoms. The summed E-state index contributed by atoms with van der Waals surface area (Å²) < 4.78 is 11.3. The van der Waals surface area contributed by atoms with Gasteiger partial charge in [0.15, 0.2) is 0 Å². The first-order valence-electron chi connectivity index (χ1n) is 8.16. The summed E-state index contributed by atoms with van der Waals surface area (Å²) in [6.45, 7) is 2.71. The highest BCUT2D eigenvalue weighted by atomic mass is 35.5. The smallest absolute Gasteiger partial charge is 0.312 e. The van der Waals surface area contributed by atoms with E-state index in [0.29, 0.717) is 18.2 Å². The minimum Gasteiger partial charge on any atom is -0.465 e. The van der Waals surface area contributed by atoms with E-state index in [2.05, 4.69) is 0 Å². The molecule has 1 spiro atoms. The molecule has 0 aromatic heterocycles. The monoisotopic (exact) mass is 347 g/mol. The lowest BCUT2D eigenvalue weighted by atomic mass is 9.77. The van der Waals surface area contributed by atoms with Crippen molar-refractivity contribution < 1.29 is 19.1 Å². The van der Waals surface area contributed by atoms with Gasteiger partial charge in [-0.25, -0.2) is 0 Å². The minimum absolute atomic E-state index is 0.0948. The lowest BCUT2D eigenvalue weighted by Crippen LogP contribution is -2.40. The molecular weight excluding hydrogens is 330 g/mol. The zero-order valence-corrected chi connectivity index (χ0v) is 14.0. The van der Waals surface area contributed by atoms with Crippen molar-refractivity contribution in [1.82, 2.24) is 0 Å². The third kappa shape index (κ3) is 2.19. The quantitative estimate of drug-likeness (QED) is 0.620. The highest BCUT2D eigenvalue weighted by Crippen LogP contribution is 2.52. The van der Waals surface area contributed by atoms with E-state index in [1.807, 2.05) is 19.1 Å². The Balaban J connectivity index is 1.64. The average molecular weight is 348 g/mol.